The van der Waals surface area contributed by atoms with Gasteiger partial charge in [-0.3, -0.25) is 4.79 Å². The number of aryl methyl sites for hydroxylation is 1. The van der Waals surface area contributed by atoms with Gasteiger partial charge in [0, 0.05) is 12.2 Å². The molecule has 0 radical (unpaired) electrons. The summed E-state index contributed by atoms with van der Waals surface area (Å²) in [6, 6.07) is 17.5. The number of carbonyl (C=O) groups excluding carboxylic acids is 1. The lowest BCUT2D eigenvalue weighted by Gasteiger charge is -2.09. The number of ether oxygens (including phenoxy) is 1. The number of aromatic nitrogens is 3. The third-order valence-electron chi connectivity index (χ3n) is 4.20. The molecule has 7 heteroatoms. The number of rotatable bonds is 9. The minimum absolute atomic E-state index is 0.0676. The number of anilines is 1. The van der Waals surface area contributed by atoms with Crippen molar-refractivity contribution in [1.29, 1.82) is 0 Å². The van der Waals surface area contributed by atoms with Crippen LogP contribution in [0.5, 0.6) is 5.75 Å². The van der Waals surface area contributed by atoms with E-state index in [0.717, 1.165) is 23.7 Å². The third kappa shape index (κ3) is 5.36. The first-order valence-corrected chi connectivity index (χ1v) is 10.3. The number of para-hydroxylation sites is 1. The smallest absolute Gasteiger partial charge is 0.234 e. The Morgan fingerprint density at radius 1 is 1.07 bits per heavy atom. The maximum absolute atomic E-state index is 12.2. The van der Waals surface area contributed by atoms with Gasteiger partial charge in [0.15, 0.2) is 11.0 Å². The molecule has 6 nitrogen and oxygen atoms in total. The summed E-state index contributed by atoms with van der Waals surface area (Å²) in [6.45, 7) is 5.17. The summed E-state index contributed by atoms with van der Waals surface area (Å²) in [5.74, 6) is 1.73. The Labute approximate surface area is 169 Å². The van der Waals surface area contributed by atoms with Crippen LogP contribution < -0.4 is 10.1 Å². The number of thioether (sulfide) groups is 1. The molecule has 0 aliphatic rings. The van der Waals surface area contributed by atoms with E-state index < -0.39 is 0 Å². The molecule has 0 aliphatic carbocycles. The zero-order valence-electron chi connectivity index (χ0n) is 16.1. The quantitative estimate of drug-likeness (QED) is 0.550. The Hall–Kier alpha value is -2.80. The minimum atomic E-state index is -0.0676. The lowest BCUT2D eigenvalue weighted by Crippen LogP contribution is -2.15. The van der Waals surface area contributed by atoms with E-state index in [1.807, 2.05) is 66.1 Å². The van der Waals surface area contributed by atoms with Crippen LogP contribution in [0.1, 0.15) is 25.2 Å². The van der Waals surface area contributed by atoms with Gasteiger partial charge in [0.1, 0.15) is 12.4 Å². The van der Waals surface area contributed by atoms with Gasteiger partial charge in [-0.15, -0.1) is 10.2 Å². The van der Waals surface area contributed by atoms with Crippen molar-refractivity contribution in [3.63, 3.8) is 0 Å². The summed E-state index contributed by atoms with van der Waals surface area (Å²) in [7, 11) is 0. The van der Waals surface area contributed by atoms with Gasteiger partial charge in [-0.1, -0.05) is 49.0 Å². The number of hydrogen-bond donors (Lipinski definition) is 1. The van der Waals surface area contributed by atoms with Gasteiger partial charge < -0.3 is 14.6 Å². The molecule has 0 atom stereocenters. The average Bonchev–Trinajstić information content (AvgIpc) is 3.14. The number of benzene rings is 2. The maximum atomic E-state index is 12.2. The van der Waals surface area contributed by atoms with Gasteiger partial charge >= 0.3 is 0 Å². The first-order chi connectivity index (χ1) is 13.7. The standard InChI is InChI=1S/C21H24N4O2S/c1-3-16-10-12-17(13-11-16)22-20(26)15-28-21-24-23-19(25(21)4-2)14-27-18-8-6-5-7-9-18/h5-13H,3-4,14-15H2,1-2H3,(H,22,26). The fraction of sp³-hybridized carbons (Fsp3) is 0.286. The average molecular weight is 397 g/mol. The van der Waals surface area contributed by atoms with Crippen LogP contribution in [0, 0.1) is 0 Å². The number of amides is 1. The first-order valence-electron chi connectivity index (χ1n) is 9.31. The van der Waals surface area contributed by atoms with Gasteiger partial charge in [-0.05, 0) is 43.2 Å². The summed E-state index contributed by atoms with van der Waals surface area (Å²) in [4.78, 5) is 12.2. The molecule has 1 amide bonds. The highest BCUT2D eigenvalue weighted by molar-refractivity contribution is 7.99. The second-order valence-electron chi connectivity index (χ2n) is 6.13. The minimum Gasteiger partial charge on any atom is -0.486 e. The molecular weight excluding hydrogens is 372 g/mol. The molecule has 0 spiro atoms. The predicted octanol–water partition coefficient (Wildman–Crippen LogP) is 4.17. The van der Waals surface area contributed by atoms with E-state index in [1.54, 1.807) is 0 Å². The number of hydrogen-bond acceptors (Lipinski definition) is 5. The molecule has 1 aromatic heterocycles. The predicted molar refractivity (Wildman–Crippen MR) is 112 cm³/mol. The normalized spacial score (nSPS) is 10.6. The first kappa shape index (κ1) is 19.9. The molecule has 0 aliphatic heterocycles. The van der Waals surface area contributed by atoms with Gasteiger partial charge in [0.2, 0.25) is 5.91 Å². The topological polar surface area (TPSA) is 69.0 Å². The molecule has 0 fully saturated rings. The van der Waals surface area contributed by atoms with Gasteiger partial charge in [-0.2, -0.15) is 0 Å². The van der Waals surface area contributed by atoms with E-state index in [1.165, 1.54) is 17.3 Å². The molecular formula is C21H24N4O2S. The molecule has 1 heterocycles. The van der Waals surface area contributed by atoms with E-state index in [9.17, 15) is 4.79 Å². The fourth-order valence-electron chi connectivity index (χ4n) is 2.67. The van der Waals surface area contributed by atoms with Crippen molar-refractivity contribution in [2.75, 3.05) is 11.1 Å². The van der Waals surface area contributed by atoms with Crippen molar-refractivity contribution >= 4 is 23.4 Å². The summed E-state index contributed by atoms with van der Waals surface area (Å²) in [6.07, 6.45) is 0.979. The maximum Gasteiger partial charge on any atom is 0.234 e. The molecule has 28 heavy (non-hydrogen) atoms. The summed E-state index contributed by atoms with van der Waals surface area (Å²) >= 11 is 1.37. The fourth-order valence-corrected chi connectivity index (χ4v) is 3.49. The van der Waals surface area contributed by atoms with Crippen molar-refractivity contribution in [2.24, 2.45) is 0 Å². The molecule has 146 valence electrons. The van der Waals surface area contributed by atoms with Gasteiger partial charge in [0.25, 0.3) is 0 Å². The van der Waals surface area contributed by atoms with E-state index >= 15 is 0 Å². The van der Waals surface area contributed by atoms with Crippen LogP contribution in [0.3, 0.4) is 0 Å². The molecule has 2 aromatic carbocycles. The second kappa shape index (κ2) is 9.94. The van der Waals surface area contributed by atoms with Gasteiger partial charge in [0.05, 0.1) is 5.75 Å². The van der Waals surface area contributed by atoms with Crippen molar-refractivity contribution in [2.45, 2.75) is 38.6 Å². The van der Waals surface area contributed by atoms with E-state index in [2.05, 4.69) is 22.4 Å². The Morgan fingerprint density at radius 2 is 1.82 bits per heavy atom. The molecule has 0 saturated heterocycles. The SMILES string of the molecule is CCc1ccc(NC(=O)CSc2nnc(COc3ccccc3)n2CC)cc1. The molecule has 0 unspecified atom stereocenters. The zero-order valence-corrected chi connectivity index (χ0v) is 16.9. The summed E-state index contributed by atoms with van der Waals surface area (Å²) in [5, 5.41) is 12.1. The van der Waals surface area contributed by atoms with Crippen molar-refractivity contribution < 1.29 is 9.53 Å². The van der Waals surface area contributed by atoms with Crippen LogP contribution in [0.4, 0.5) is 5.69 Å². The highest BCUT2D eigenvalue weighted by Crippen LogP contribution is 2.19. The lowest BCUT2D eigenvalue weighted by molar-refractivity contribution is -0.113. The lowest BCUT2D eigenvalue weighted by atomic mass is 10.1. The number of carbonyl (C=O) groups is 1. The highest BCUT2D eigenvalue weighted by Gasteiger charge is 2.14. The van der Waals surface area contributed by atoms with Crippen molar-refractivity contribution in [3.8, 4) is 5.75 Å². The molecule has 1 N–H and O–H groups in total. The molecule has 3 rings (SSSR count). The van der Waals surface area contributed by atoms with Gasteiger partial charge in [-0.25, -0.2) is 0 Å². The van der Waals surface area contributed by atoms with Crippen LogP contribution in [0.2, 0.25) is 0 Å². The van der Waals surface area contributed by atoms with E-state index in [4.69, 9.17) is 4.74 Å². The zero-order chi connectivity index (χ0) is 19.8. The van der Waals surface area contributed by atoms with Crippen LogP contribution >= 0.6 is 11.8 Å². The van der Waals surface area contributed by atoms with E-state index in [0.29, 0.717) is 18.3 Å². The Bertz CT molecular complexity index is 895. The number of nitrogens with one attached hydrogen (secondary N) is 1. The Kier molecular flexibility index (Phi) is 7.08. The molecule has 0 bridgehead atoms. The third-order valence-corrected chi connectivity index (χ3v) is 5.17. The summed E-state index contributed by atoms with van der Waals surface area (Å²) in [5.41, 5.74) is 2.05. The van der Waals surface area contributed by atoms with Crippen LogP contribution in [0.15, 0.2) is 59.8 Å². The van der Waals surface area contributed by atoms with Crippen LogP contribution in [0.25, 0.3) is 0 Å². The Balaban J connectivity index is 1.54. The summed E-state index contributed by atoms with van der Waals surface area (Å²) < 4.78 is 7.73. The van der Waals surface area contributed by atoms with Crippen molar-refractivity contribution in [3.05, 3.63) is 66.0 Å². The molecule has 0 saturated carbocycles. The van der Waals surface area contributed by atoms with E-state index in [-0.39, 0.29) is 11.7 Å². The highest BCUT2D eigenvalue weighted by atomic mass is 32.2. The van der Waals surface area contributed by atoms with Crippen LogP contribution in [-0.4, -0.2) is 26.4 Å². The van der Waals surface area contributed by atoms with Crippen LogP contribution in [-0.2, 0) is 24.4 Å². The molecule has 3 aromatic rings. The monoisotopic (exact) mass is 396 g/mol. The van der Waals surface area contributed by atoms with Crippen molar-refractivity contribution in [1.82, 2.24) is 14.8 Å². The number of nitrogens with zero attached hydrogens (tertiary/aromatic N) is 3. The Morgan fingerprint density at radius 3 is 2.50 bits per heavy atom. The largest absolute Gasteiger partial charge is 0.486 e. The second-order valence-corrected chi connectivity index (χ2v) is 7.07.